The van der Waals surface area contributed by atoms with Gasteiger partial charge in [0.15, 0.2) is 0 Å². The Hall–Kier alpha value is -4.16. The van der Waals surface area contributed by atoms with E-state index in [2.05, 4.69) is 21.7 Å². The predicted octanol–water partition coefficient (Wildman–Crippen LogP) is 3.82. The van der Waals surface area contributed by atoms with Crippen LogP contribution >= 0.6 is 0 Å². The second-order valence-corrected chi connectivity index (χ2v) is 5.36. The van der Waals surface area contributed by atoms with Crippen molar-refractivity contribution in [3.63, 3.8) is 0 Å². The zero-order valence-corrected chi connectivity index (χ0v) is 13.6. The number of hydrogen-bond donors (Lipinski definition) is 2. The van der Waals surface area contributed by atoms with Crippen molar-refractivity contribution in [2.75, 3.05) is 10.6 Å². The molecule has 26 heavy (non-hydrogen) atoms. The maximum atomic E-state index is 12.4. The summed E-state index contributed by atoms with van der Waals surface area (Å²) in [6, 6.07) is 21.2. The number of benzene rings is 2. The van der Waals surface area contributed by atoms with Crippen LogP contribution in [0.25, 0.3) is 0 Å². The van der Waals surface area contributed by atoms with Crippen LogP contribution in [0.5, 0.6) is 0 Å². The van der Waals surface area contributed by atoms with Crippen molar-refractivity contribution in [3.05, 3.63) is 83.7 Å². The Kier molecular flexibility index (Phi) is 4.88. The van der Waals surface area contributed by atoms with E-state index in [0.717, 1.165) is 5.69 Å². The average Bonchev–Trinajstić information content (AvgIpc) is 2.69. The Balaban J connectivity index is 1.77. The van der Waals surface area contributed by atoms with Crippen molar-refractivity contribution < 1.29 is 4.79 Å². The van der Waals surface area contributed by atoms with Crippen LogP contribution in [0.1, 0.15) is 21.6 Å². The lowest BCUT2D eigenvalue weighted by molar-refractivity contribution is 0.102. The minimum Gasteiger partial charge on any atom is -0.355 e. The highest BCUT2D eigenvalue weighted by molar-refractivity contribution is 6.04. The van der Waals surface area contributed by atoms with E-state index < -0.39 is 5.91 Å². The van der Waals surface area contributed by atoms with Gasteiger partial charge in [0.25, 0.3) is 5.91 Å². The van der Waals surface area contributed by atoms with Crippen LogP contribution in [0, 0.1) is 22.7 Å². The third-order valence-corrected chi connectivity index (χ3v) is 3.59. The molecule has 6 nitrogen and oxygen atoms in total. The number of hydrogen-bond acceptors (Lipinski definition) is 5. The molecule has 0 unspecified atom stereocenters. The summed E-state index contributed by atoms with van der Waals surface area (Å²) in [5.74, 6) is -0.406. The summed E-state index contributed by atoms with van der Waals surface area (Å²) in [6.07, 6.45) is 1.52. The van der Waals surface area contributed by atoms with Crippen LogP contribution < -0.4 is 10.6 Å². The maximum Gasteiger partial charge on any atom is 0.274 e. The summed E-state index contributed by atoms with van der Waals surface area (Å²) in [5, 5.41) is 23.8. The van der Waals surface area contributed by atoms with Crippen molar-refractivity contribution >= 4 is 23.0 Å². The number of carbonyl (C=O) groups is 1. The maximum absolute atomic E-state index is 12.4. The summed E-state index contributed by atoms with van der Waals surface area (Å²) in [4.78, 5) is 16.5. The molecular weight excluding hydrogens is 326 g/mol. The SMILES string of the molecule is N#Cc1ccc(Nc2ccnc(C(=O)Nc3ccccc3C#N)c2)cc1. The molecule has 6 heteroatoms. The molecule has 0 saturated carbocycles. The smallest absolute Gasteiger partial charge is 0.274 e. The van der Waals surface area contributed by atoms with Crippen molar-refractivity contribution in [2.24, 2.45) is 0 Å². The van der Waals surface area contributed by atoms with Gasteiger partial charge in [-0.25, -0.2) is 0 Å². The third-order valence-electron chi connectivity index (χ3n) is 3.59. The van der Waals surface area contributed by atoms with Gasteiger partial charge < -0.3 is 10.6 Å². The van der Waals surface area contributed by atoms with Crippen LogP contribution in [-0.4, -0.2) is 10.9 Å². The first-order valence-corrected chi connectivity index (χ1v) is 7.73. The van der Waals surface area contributed by atoms with Crippen LogP contribution in [0.3, 0.4) is 0 Å². The van der Waals surface area contributed by atoms with E-state index in [0.29, 0.717) is 22.5 Å². The number of para-hydroxylation sites is 1. The molecule has 3 rings (SSSR count). The molecule has 2 aromatic carbocycles. The fourth-order valence-corrected chi connectivity index (χ4v) is 2.30. The van der Waals surface area contributed by atoms with Crippen molar-refractivity contribution in [1.82, 2.24) is 4.98 Å². The molecule has 0 atom stereocenters. The molecule has 0 bridgehead atoms. The normalized spacial score (nSPS) is 9.62. The fraction of sp³-hybridized carbons (Fsp3) is 0. The topological polar surface area (TPSA) is 102 Å². The van der Waals surface area contributed by atoms with Crippen LogP contribution in [0.15, 0.2) is 66.9 Å². The van der Waals surface area contributed by atoms with Gasteiger partial charge in [0, 0.05) is 17.6 Å². The number of aromatic nitrogens is 1. The fourth-order valence-electron chi connectivity index (χ4n) is 2.30. The Morgan fingerprint density at radius 3 is 2.42 bits per heavy atom. The van der Waals surface area contributed by atoms with Gasteiger partial charge in [0.05, 0.1) is 22.9 Å². The Morgan fingerprint density at radius 1 is 0.923 bits per heavy atom. The van der Waals surface area contributed by atoms with Gasteiger partial charge in [-0.05, 0) is 48.5 Å². The number of carbonyl (C=O) groups excluding carboxylic acids is 1. The van der Waals surface area contributed by atoms with Crippen molar-refractivity contribution in [1.29, 1.82) is 10.5 Å². The average molecular weight is 339 g/mol. The number of nitriles is 2. The standard InChI is InChI=1S/C20H13N5O/c21-12-14-5-7-16(8-6-14)24-17-9-10-23-19(11-17)20(26)25-18-4-2-1-3-15(18)13-22/h1-11H,(H,23,24)(H,25,26). The molecule has 0 radical (unpaired) electrons. The molecule has 124 valence electrons. The van der Waals surface area contributed by atoms with E-state index in [9.17, 15) is 4.79 Å². The van der Waals surface area contributed by atoms with E-state index >= 15 is 0 Å². The molecule has 0 aliphatic rings. The zero-order valence-electron chi connectivity index (χ0n) is 13.6. The van der Waals surface area contributed by atoms with E-state index in [1.807, 2.05) is 6.07 Å². The van der Waals surface area contributed by atoms with Gasteiger partial charge in [-0.1, -0.05) is 12.1 Å². The first-order valence-electron chi connectivity index (χ1n) is 7.73. The summed E-state index contributed by atoms with van der Waals surface area (Å²) >= 11 is 0. The molecule has 1 amide bonds. The predicted molar refractivity (Wildman–Crippen MR) is 97.8 cm³/mol. The van der Waals surface area contributed by atoms with Gasteiger partial charge in [0.2, 0.25) is 0 Å². The summed E-state index contributed by atoms with van der Waals surface area (Å²) in [5.41, 5.74) is 3.08. The largest absolute Gasteiger partial charge is 0.355 e. The molecule has 3 aromatic rings. The lowest BCUT2D eigenvalue weighted by Crippen LogP contribution is -2.14. The summed E-state index contributed by atoms with van der Waals surface area (Å²) in [6.45, 7) is 0. The van der Waals surface area contributed by atoms with Gasteiger partial charge in [-0.15, -0.1) is 0 Å². The van der Waals surface area contributed by atoms with Gasteiger partial charge in [-0.3, -0.25) is 9.78 Å². The highest BCUT2D eigenvalue weighted by Gasteiger charge is 2.11. The number of nitrogens with one attached hydrogen (secondary N) is 2. The summed E-state index contributed by atoms with van der Waals surface area (Å²) < 4.78 is 0. The quantitative estimate of drug-likeness (QED) is 0.752. The third kappa shape index (κ3) is 3.84. The Bertz CT molecular complexity index is 1030. The molecule has 0 fully saturated rings. The van der Waals surface area contributed by atoms with Gasteiger partial charge in [-0.2, -0.15) is 10.5 Å². The number of anilines is 3. The van der Waals surface area contributed by atoms with E-state index in [-0.39, 0.29) is 5.69 Å². The summed E-state index contributed by atoms with van der Waals surface area (Å²) in [7, 11) is 0. The minimum absolute atomic E-state index is 0.219. The van der Waals surface area contributed by atoms with Crippen molar-refractivity contribution in [3.8, 4) is 12.1 Å². The van der Waals surface area contributed by atoms with E-state index in [1.54, 1.807) is 60.7 Å². The lowest BCUT2D eigenvalue weighted by atomic mass is 10.2. The van der Waals surface area contributed by atoms with Gasteiger partial charge >= 0.3 is 0 Å². The molecule has 2 N–H and O–H groups in total. The van der Waals surface area contributed by atoms with Crippen LogP contribution in [-0.2, 0) is 0 Å². The second kappa shape index (κ2) is 7.61. The van der Waals surface area contributed by atoms with Crippen LogP contribution in [0.2, 0.25) is 0 Å². The Morgan fingerprint density at radius 2 is 1.69 bits per heavy atom. The molecule has 0 aliphatic carbocycles. The number of amides is 1. The highest BCUT2D eigenvalue weighted by Crippen LogP contribution is 2.19. The Labute approximate surface area is 150 Å². The molecule has 0 saturated heterocycles. The van der Waals surface area contributed by atoms with E-state index in [4.69, 9.17) is 10.5 Å². The first kappa shape index (κ1) is 16.7. The number of nitrogens with zero attached hydrogens (tertiary/aromatic N) is 3. The second-order valence-electron chi connectivity index (χ2n) is 5.36. The lowest BCUT2D eigenvalue weighted by Gasteiger charge is -2.09. The van der Waals surface area contributed by atoms with Crippen molar-refractivity contribution in [2.45, 2.75) is 0 Å². The molecule has 0 aliphatic heterocycles. The first-order chi connectivity index (χ1) is 12.7. The van der Waals surface area contributed by atoms with E-state index in [1.165, 1.54) is 6.20 Å². The molecular formula is C20H13N5O. The molecule has 1 heterocycles. The molecule has 0 spiro atoms. The highest BCUT2D eigenvalue weighted by atomic mass is 16.1. The molecule has 1 aromatic heterocycles. The van der Waals surface area contributed by atoms with Gasteiger partial charge in [0.1, 0.15) is 11.8 Å². The number of pyridine rings is 1. The zero-order chi connectivity index (χ0) is 18.4. The number of rotatable bonds is 4. The monoisotopic (exact) mass is 339 g/mol. The van der Waals surface area contributed by atoms with Crippen LogP contribution in [0.4, 0.5) is 17.1 Å². The minimum atomic E-state index is -0.406.